The number of likely N-dealkylation sites (tertiary alicyclic amines) is 1. The molecule has 2 fully saturated rings. The summed E-state index contributed by atoms with van der Waals surface area (Å²) in [7, 11) is 0. The van der Waals surface area contributed by atoms with Gasteiger partial charge in [0.1, 0.15) is 12.3 Å². The normalized spacial score (nSPS) is 23.9. The second kappa shape index (κ2) is 5.99. The van der Waals surface area contributed by atoms with Crippen molar-refractivity contribution in [2.24, 2.45) is 5.92 Å². The molecule has 2 aliphatic rings. The lowest BCUT2D eigenvalue weighted by Crippen LogP contribution is -2.47. The van der Waals surface area contributed by atoms with Crippen LogP contribution >= 0.6 is 0 Å². The Hall–Kier alpha value is -1.30. The van der Waals surface area contributed by atoms with Crippen molar-refractivity contribution in [3.05, 3.63) is 0 Å². The molecule has 2 heterocycles. The Morgan fingerprint density at radius 2 is 1.95 bits per heavy atom. The van der Waals surface area contributed by atoms with Gasteiger partial charge in [0, 0.05) is 19.6 Å². The van der Waals surface area contributed by atoms with E-state index in [1.54, 1.807) is 9.80 Å². The van der Waals surface area contributed by atoms with Crippen molar-refractivity contribution in [2.45, 2.75) is 39.2 Å². The van der Waals surface area contributed by atoms with Crippen molar-refractivity contribution in [3.63, 3.8) is 0 Å². The molecule has 0 bridgehead atoms. The maximum absolute atomic E-state index is 12.3. The SMILES string of the molecule is CC(C)(C)OC(=O)N1CCCC(C(=O)N2CCOC2)C1. The second-order valence-electron chi connectivity index (χ2n) is 6.40. The molecule has 1 unspecified atom stereocenters. The highest BCUT2D eigenvalue weighted by Gasteiger charge is 2.33. The van der Waals surface area contributed by atoms with Crippen LogP contribution in [0.2, 0.25) is 0 Å². The van der Waals surface area contributed by atoms with Crippen molar-refractivity contribution < 1.29 is 19.1 Å². The van der Waals surface area contributed by atoms with E-state index in [2.05, 4.69) is 0 Å². The van der Waals surface area contributed by atoms with Gasteiger partial charge in [-0.05, 0) is 33.6 Å². The third-order valence-corrected chi connectivity index (χ3v) is 3.49. The third-order valence-electron chi connectivity index (χ3n) is 3.49. The first-order valence-corrected chi connectivity index (χ1v) is 7.21. The summed E-state index contributed by atoms with van der Waals surface area (Å²) in [5, 5.41) is 0. The van der Waals surface area contributed by atoms with Crippen LogP contribution in [0.1, 0.15) is 33.6 Å². The molecular formula is C14H24N2O4. The van der Waals surface area contributed by atoms with Gasteiger partial charge >= 0.3 is 6.09 Å². The smallest absolute Gasteiger partial charge is 0.410 e. The van der Waals surface area contributed by atoms with Crippen LogP contribution in [0.4, 0.5) is 4.79 Å². The van der Waals surface area contributed by atoms with Crippen molar-refractivity contribution in [1.29, 1.82) is 0 Å². The molecule has 0 aromatic carbocycles. The van der Waals surface area contributed by atoms with Gasteiger partial charge in [-0.15, -0.1) is 0 Å². The highest BCUT2D eigenvalue weighted by molar-refractivity contribution is 5.80. The lowest BCUT2D eigenvalue weighted by atomic mass is 9.97. The highest BCUT2D eigenvalue weighted by atomic mass is 16.6. The lowest BCUT2D eigenvalue weighted by Gasteiger charge is -2.34. The van der Waals surface area contributed by atoms with Crippen molar-refractivity contribution in [1.82, 2.24) is 9.80 Å². The number of amides is 2. The number of piperidine rings is 1. The predicted molar refractivity (Wildman–Crippen MR) is 73.1 cm³/mol. The molecule has 2 amide bonds. The van der Waals surface area contributed by atoms with Gasteiger partial charge in [0.2, 0.25) is 5.91 Å². The zero-order chi connectivity index (χ0) is 14.8. The number of hydrogen-bond donors (Lipinski definition) is 0. The summed E-state index contributed by atoms with van der Waals surface area (Å²) in [5.41, 5.74) is -0.503. The fraction of sp³-hybridized carbons (Fsp3) is 0.857. The molecule has 0 spiro atoms. The van der Waals surface area contributed by atoms with Gasteiger partial charge in [-0.3, -0.25) is 4.79 Å². The van der Waals surface area contributed by atoms with E-state index in [4.69, 9.17) is 9.47 Å². The molecule has 0 aromatic rings. The van der Waals surface area contributed by atoms with Crippen molar-refractivity contribution >= 4 is 12.0 Å². The molecule has 20 heavy (non-hydrogen) atoms. The number of rotatable bonds is 1. The number of carbonyl (C=O) groups is 2. The Bertz CT molecular complexity index is 372. The average molecular weight is 284 g/mol. The molecule has 114 valence electrons. The second-order valence-corrected chi connectivity index (χ2v) is 6.40. The third kappa shape index (κ3) is 3.85. The van der Waals surface area contributed by atoms with E-state index in [1.807, 2.05) is 20.8 Å². The molecule has 0 radical (unpaired) electrons. The minimum absolute atomic E-state index is 0.0933. The largest absolute Gasteiger partial charge is 0.444 e. The first-order valence-electron chi connectivity index (χ1n) is 7.21. The highest BCUT2D eigenvalue weighted by Crippen LogP contribution is 2.21. The van der Waals surface area contributed by atoms with Gasteiger partial charge in [-0.25, -0.2) is 4.79 Å². The van der Waals surface area contributed by atoms with E-state index >= 15 is 0 Å². The Labute approximate surface area is 120 Å². The summed E-state index contributed by atoms with van der Waals surface area (Å²) < 4.78 is 10.6. The van der Waals surface area contributed by atoms with E-state index in [0.29, 0.717) is 33.0 Å². The predicted octanol–water partition coefficient (Wildman–Crippen LogP) is 1.45. The van der Waals surface area contributed by atoms with E-state index in [0.717, 1.165) is 12.8 Å². The number of ether oxygens (including phenoxy) is 2. The number of hydrogen-bond acceptors (Lipinski definition) is 4. The summed E-state index contributed by atoms with van der Waals surface area (Å²) in [5.74, 6) is -0.0336. The molecule has 0 aromatic heterocycles. The number of carbonyl (C=O) groups excluding carboxylic acids is 2. The fourth-order valence-electron chi connectivity index (χ4n) is 2.52. The van der Waals surface area contributed by atoms with E-state index in [-0.39, 0.29) is 17.9 Å². The topological polar surface area (TPSA) is 59.1 Å². The number of nitrogens with zero attached hydrogens (tertiary/aromatic N) is 2. The molecular weight excluding hydrogens is 260 g/mol. The van der Waals surface area contributed by atoms with Gasteiger partial charge in [0.15, 0.2) is 0 Å². The van der Waals surface area contributed by atoms with Crippen LogP contribution in [0.15, 0.2) is 0 Å². The molecule has 0 N–H and O–H groups in total. The molecule has 1 atom stereocenters. The maximum atomic E-state index is 12.3. The first-order chi connectivity index (χ1) is 9.37. The van der Waals surface area contributed by atoms with Crippen molar-refractivity contribution in [2.75, 3.05) is 33.0 Å². The maximum Gasteiger partial charge on any atom is 0.410 e. The Kier molecular flexibility index (Phi) is 4.52. The van der Waals surface area contributed by atoms with E-state index in [1.165, 1.54) is 0 Å². The molecule has 0 aliphatic carbocycles. The monoisotopic (exact) mass is 284 g/mol. The van der Waals surface area contributed by atoms with Crippen LogP contribution in [0.25, 0.3) is 0 Å². The van der Waals surface area contributed by atoms with Gasteiger partial charge in [0.05, 0.1) is 12.5 Å². The zero-order valence-corrected chi connectivity index (χ0v) is 12.6. The van der Waals surface area contributed by atoms with E-state index < -0.39 is 5.60 Å². The molecule has 2 aliphatic heterocycles. The van der Waals surface area contributed by atoms with Gasteiger partial charge < -0.3 is 19.3 Å². The van der Waals surface area contributed by atoms with E-state index in [9.17, 15) is 9.59 Å². The average Bonchev–Trinajstić information content (AvgIpc) is 2.90. The summed E-state index contributed by atoms with van der Waals surface area (Å²) in [4.78, 5) is 27.8. The van der Waals surface area contributed by atoms with Crippen LogP contribution in [0, 0.1) is 5.92 Å². The van der Waals surface area contributed by atoms with Crippen LogP contribution < -0.4 is 0 Å². The molecule has 6 heteroatoms. The van der Waals surface area contributed by atoms with Crippen molar-refractivity contribution in [3.8, 4) is 0 Å². The zero-order valence-electron chi connectivity index (χ0n) is 12.6. The summed E-state index contributed by atoms with van der Waals surface area (Å²) in [6, 6.07) is 0. The Morgan fingerprint density at radius 3 is 2.55 bits per heavy atom. The van der Waals surface area contributed by atoms with Crippen LogP contribution in [0.3, 0.4) is 0 Å². The molecule has 0 saturated carbocycles. The Morgan fingerprint density at radius 1 is 1.20 bits per heavy atom. The summed E-state index contributed by atoms with van der Waals surface area (Å²) in [6.45, 7) is 8.29. The minimum Gasteiger partial charge on any atom is -0.444 e. The minimum atomic E-state index is -0.503. The molecule has 2 saturated heterocycles. The van der Waals surface area contributed by atoms with Crippen LogP contribution in [-0.4, -0.2) is 60.4 Å². The van der Waals surface area contributed by atoms with Gasteiger partial charge in [-0.2, -0.15) is 0 Å². The van der Waals surface area contributed by atoms with Crippen LogP contribution in [-0.2, 0) is 14.3 Å². The summed E-state index contributed by atoms with van der Waals surface area (Å²) in [6.07, 6.45) is 1.34. The fourth-order valence-corrected chi connectivity index (χ4v) is 2.52. The molecule has 2 rings (SSSR count). The van der Waals surface area contributed by atoms with Gasteiger partial charge in [0.25, 0.3) is 0 Å². The quantitative estimate of drug-likeness (QED) is 0.731. The standard InChI is InChI=1S/C14H24N2O4/c1-14(2,3)20-13(18)15-6-4-5-11(9-15)12(17)16-7-8-19-10-16/h11H,4-10H2,1-3H3. The first kappa shape index (κ1) is 15.1. The molecule has 6 nitrogen and oxygen atoms in total. The Balaban J connectivity index is 1.91. The lowest BCUT2D eigenvalue weighted by molar-refractivity contribution is -0.137. The summed E-state index contributed by atoms with van der Waals surface area (Å²) >= 11 is 0. The van der Waals surface area contributed by atoms with Crippen LogP contribution in [0.5, 0.6) is 0 Å². The van der Waals surface area contributed by atoms with Gasteiger partial charge in [-0.1, -0.05) is 0 Å².